The molecule has 0 atom stereocenters. The number of hydrogen-bond donors (Lipinski definition) is 1. The quantitative estimate of drug-likeness (QED) is 0.507. The number of fused-ring (bicyclic) bond motifs is 2. The van der Waals surface area contributed by atoms with Crippen LogP contribution in [0.1, 0.15) is 0 Å². The number of nitrogen functional groups attached to an aromatic ring is 1. The summed E-state index contributed by atoms with van der Waals surface area (Å²) in [6.07, 6.45) is 1.71. The summed E-state index contributed by atoms with van der Waals surface area (Å²) in [5.74, 6) is 0.430. The van der Waals surface area contributed by atoms with E-state index in [-0.39, 0.29) is 11.6 Å². The van der Waals surface area contributed by atoms with Crippen LogP contribution in [0.2, 0.25) is 0 Å². The maximum absolute atomic E-state index is 13.5. The van der Waals surface area contributed by atoms with Crippen LogP contribution in [0.25, 0.3) is 39.1 Å². The van der Waals surface area contributed by atoms with Gasteiger partial charge in [-0.3, -0.25) is 4.98 Å². The van der Waals surface area contributed by atoms with Crippen LogP contribution in [0.3, 0.4) is 0 Å². The van der Waals surface area contributed by atoms with Crippen molar-refractivity contribution in [2.75, 3.05) is 12.8 Å². The summed E-state index contributed by atoms with van der Waals surface area (Å²) in [6.45, 7) is 0. The fraction of sp³-hybridized carbons (Fsp3) is 0.0500. The van der Waals surface area contributed by atoms with Crippen LogP contribution in [-0.2, 0) is 0 Å². The number of nitrogens with zero attached hydrogens (tertiary/aromatic N) is 6. The van der Waals surface area contributed by atoms with Gasteiger partial charge in [0, 0.05) is 22.7 Å². The van der Waals surface area contributed by atoms with Crippen molar-refractivity contribution in [3.8, 4) is 28.3 Å². The molecule has 0 fully saturated rings. The Morgan fingerprint density at radius 2 is 1.90 bits per heavy atom. The van der Waals surface area contributed by atoms with Gasteiger partial charge in [-0.1, -0.05) is 6.07 Å². The van der Waals surface area contributed by atoms with E-state index in [0.29, 0.717) is 28.3 Å². The fourth-order valence-electron chi connectivity index (χ4n) is 3.34. The molecular weight excluding hydrogens is 373 g/mol. The summed E-state index contributed by atoms with van der Waals surface area (Å²) in [5.41, 5.74) is 9.70. The lowest BCUT2D eigenvalue weighted by Crippen LogP contribution is -2.05. The number of tetrazole rings is 1. The Morgan fingerprint density at radius 1 is 1.07 bits per heavy atom. The highest BCUT2D eigenvalue weighted by atomic mass is 19.1. The first-order chi connectivity index (χ1) is 14.2. The van der Waals surface area contributed by atoms with E-state index in [4.69, 9.17) is 10.5 Å². The summed E-state index contributed by atoms with van der Waals surface area (Å²) in [5, 5.41) is 12.7. The van der Waals surface area contributed by atoms with Crippen molar-refractivity contribution >= 4 is 22.4 Å². The monoisotopic (exact) mass is 387 g/mol. The molecule has 142 valence electrons. The van der Waals surface area contributed by atoms with Crippen LogP contribution < -0.4 is 10.5 Å². The van der Waals surface area contributed by atoms with E-state index in [1.165, 1.54) is 16.6 Å². The first-order valence-electron chi connectivity index (χ1n) is 8.72. The second-order valence-corrected chi connectivity index (χ2v) is 6.37. The van der Waals surface area contributed by atoms with Gasteiger partial charge in [-0.15, -0.1) is 5.10 Å². The van der Waals surface area contributed by atoms with Gasteiger partial charge < -0.3 is 10.5 Å². The number of anilines is 1. The number of methoxy groups -OCH3 is 1. The Hall–Kier alpha value is -4.14. The number of benzene rings is 2. The van der Waals surface area contributed by atoms with Crippen LogP contribution in [0.5, 0.6) is 5.75 Å². The Morgan fingerprint density at radius 3 is 2.69 bits per heavy atom. The Bertz CT molecular complexity index is 1370. The minimum absolute atomic E-state index is 0.174. The predicted octanol–water partition coefficient (Wildman–Crippen LogP) is 3.13. The molecule has 2 N–H and O–H groups in total. The van der Waals surface area contributed by atoms with Gasteiger partial charge in [0.05, 0.1) is 12.8 Å². The predicted molar refractivity (Wildman–Crippen MR) is 106 cm³/mol. The summed E-state index contributed by atoms with van der Waals surface area (Å²) in [6, 6.07) is 13.6. The number of nitrogens with two attached hydrogens (primary N) is 1. The molecule has 0 radical (unpaired) electrons. The Balaban J connectivity index is 1.88. The molecule has 0 aliphatic rings. The number of ether oxygens (including phenoxy) is 1. The lowest BCUT2D eigenvalue weighted by Gasteiger charge is -2.14. The molecule has 3 aromatic heterocycles. The van der Waals surface area contributed by atoms with Gasteiger partial charge in [-0.2, -0.15) is 4.52 Å². The van der Waals surface area contributed by atoms with Crippen molar-refractivity contribution in [2.24, 2.45) is 0 Å². The third-order valence-electron chi connectivity index (χ3n) is 4.65. The van der Waals surface area contributed by atoms with Crippen molar-refractivity contribution < 1.29 is 9.13 Å². The van der Waals surface area contributed by atoms with Gasteiger partial charge in [-0.25, -0.2) is 9.37 Å². The number of halogens is 1. The van der Waals surface area contributed by atoms with Crippen LogP contribution in [0, 0.1) is 5.82 Å². The van der Waals surface area contributed by atoms with Crippen LogP contribution >= 0.6 is 0 Å². The van der Waals surface area contributed by atoms with E-state index < -0.39 is 0 Å². The number of aromatic nitrogens is 6. The maximum Gasteiger partial charge on any atom is 0.222 e. The van der Waals surface area contributed by atoms with E-state index in [0.717, 1.165) is 16.5 Å². The average Bonchev–Trinajstić information content (AvgIpc) is 3.24. The van der Waals surface area contributed by atoms with E-state index in [1.54, 1.807) is 25.4 Å². The molecule has 2 aromatic carbocycles. The van der Waals surface area contributed by atoms with Gasteiger partial charge in [0.1, 0.15) is 22.8 Å². The minimum Gasteiger partial charge on any atom is -0.494 e. The molecule has 29 heavy (non-hydrogen) atoms. The van der Waals surface area contributed by atoms with Gasteiger partial charge in [0.15, 0.2) is 5.82 Å². The van der Waals surface area contributed by atoms with Crippen molar-refractivity contribution in [1.82, 2.24) is 30.0 Å². The van der Waals surface area contributed by atoms with Crippen molar-refractivity contribution in [3.05, 3.63) is 60.5 Å². The molecule has 0 aliphatic carbocycles. The van der Waals surface area contributed by atoms with E-state index in [2.05, 4.69) is 25.5 Å². The fourth-order valence-corrected chi connectivity index (χ4v) is 3.34. The highest BCUT2D eigenvalue weighted by Crippen LogP contribution is 2.36. The Labute approximate surface area is 163 Å². The molecule has 5 aromatic rings. The molecule has 0 unspecified atom stereocenters. The van der Waals surface area contributed by atoms with Crippen LogP contribution in [-0.4, -0.2) is 37.1 Å². The lowest BCUT2D eigenvalue weighted by atomic mass is 10.0. The zero-order valence-corrected chi connectivity index (χ0v) is 15.2. The van der Waals surface area contributed by atoms with Gasteiger partial charge in [0.2, 0.25) is 5.65 Å². The highest BCUT2D eigenvalue weighted by Gasteiger charge is 2.20. The van der Waals surface area contributed by atoms with Crippen LogP contribution in [0.4, 0.5) is 10.2 Å². The zero-order valence-electron chi connectivity index (χ0n) is 15.2. The standard InChI is InChI=1S/C20H14FN7O/c1-29-15-10-13(9-12-3-2-8-23-16(12)15)18-17(11-4-6-14(21)7-5-11)24-19(22)20-25-26-27-28(18)20/h2-10H,1H3,(H2,22,24). The average molecular weight is 387 g/mol. The molecule has 0 bridgehead atoms. The highest BCUT2D eigenvalue weighted by molar-refractivity contribution is 5.92. The summed E-state index contributed by atoms with van der Waals surface area (Å²) in [7, 11) is 1.59. The van der Waals surface area contributed by atoms with Gasteiger partial charge in [-0.05, 0) is 52.9 Å². The molecule has 0 amide bonds. The molecule has 0 saturated heterocycles. The van der Waals surface area contributed by atoms with Crippen molar-refractivity contribution in [1.29, 1.82) is 0 Å². The third-order valence-corrected chi connectivity index (χ3v) is 4.65. The van der Waals surface area contributed by atoms with E-state index in [9.17, 15) is 4.39 Å². The molecule has 0 saturated carbocycles. The zero-order chi connectivity index (χ0) is 20.0. The SMILES string of the molecule is COc1cc(-c2c(-c3ccc(F)cc3)nc(N)c3nnnn23)cc2cccnc12. The molecule has 9 heteroatoms. The second kappa shape index (κ2) is 6.48. The number of pyridine rings is 1. The van der Waals surface area contributed by atoms with Crippen molar-refractivity contribution in [3.63, 3.8) is 0 Å². The first-order valence-corrected chi connectivity index (χ1v) is 8.72. The van der Waals surface area contributed by atoms with Gasteiger partial charge in [0.25, 0.3) is 0 Å². The molecule has 3 heterocycles. The normalized spacial score (nSPS) is 11.2. The topological polar surface area (TPSA) is 104 Å². The van der Waals surface area contributed by atoms with E-state index in [1.807, 2.05) is 24.3 Å². The minimum atomic E-state index is -0.342. The van der Waals surface area contributed by atoms with E-state index >= 15 is 0 Å². The summed E-state index contributed by atoms with van der Waals surface area (Å²) < 4.78 is 20.6. The Kier molecular flexibility index (Phi) is 3.80. The lowest BCUT2D eigenvalue weighted by molar-refractivity contribution is 0.419. The second-order valence-electron chi connectivity index (χ2n) is 6.37. The smallest absolute Gasteiger partial charge is 0.222 e. The summed E-state index contributed by atoms with van der Waals surface area (Å²) >= 11 is 0. The third kappa shape index (κ3) is 2.71. The van der Waals surface area contributed by atoms with Gasteiger partial charge >= 0.3 is 0 Å². The summed E-state index contributed by atoms with van der Waals surface area (Å²) in [4.78, 5) is 8.92. The molecular formula is C20H14FN7O. The molecule has 8 nitrogen and oxygen atoms in total. The maximum atomic E-state index is 13.5. The largest absolute Gasteiger partial charge is 0.494 e. The molecule has 0 spiro atoms. The number of hydrogen-bond acceptors (Lipinski definition) is 7. The first kappa shape index (κ1) is 17.0. The van der Waals surface area contributed by atoms with Crippen LogP contribution in [0.15, 0.2) is 54.7 Å². The number of rotatable bonds is 3. The molecule has 0 aliphatic heterocycles. The molecule has 5 rings (SSSR count). The van der Waals surface area contributed by atoms with Crippen molar-refractivity contribution in [2.45, 2.75) is 0 Å².